The number of fused-ring (bicyclic) bond motifs is 1. The van der Waals surface area contributed by atoms with Gasteiger partial charge in [0.1, 0.15) is 0 Å². The first kappa shape index (κ1) is 21.1. The van der Waals surface area contributed by atoms with Crippen LogP contribution in [0.15, 0.2) is 47.4 Å². The average Bonchev–Trinajstić information content (AvgIpc) is 3.39. The summed E-state index contributed by atoms with van der Waals surface area (Å²) in [5.74, 6) is -0.513. The average molecular weight is 453 g/mol. The number of thiazole rings is 1. The molecule has 1 unspecified atom stereocenters. The van der Waals surface area contributed by atoms with E-state index in [1.54, 1.807) is 11.8 Å². The van der Waals surface area contributed by atoms with Crippen LogP contribution < -0.4 is 4.90 Å². The Bertz CT molecular complexity index is 1060. The molecule has 1 amide bonds. The Morgan fingerprint density at radius 3 is 2.83 bits per heavy atom. The number of thioether (sulfide) groups is 1. The Kier molecular flexibility index (Phi) is 6.04. The smallest absolute Gasteiger partial charge is 0.376 e. The number of ether oxygens (including phenoxy) is 1. The third-order valence-corrected chi connectivity index (χ3v) is 6.67. The van der Waals surface area contributed by atoms with E-state index >= 15 is 0 Å². The van der Waals surface area contributed by atoms with E-state index in [1.807, 2.05) is 24.5 Å². The molecule has 1 aliphatic rings. The van der Waals surface area contributed by atoms with Crippen molar-refractivity contribution >= 4 is 44.4 Å². The highest BCUT2D eigenvalue weighted by molar-refractivity contribution is 7.98. The van der Waals surface area contributed by atoms with Crippen molar-refractivity contribution in [1.29, 1.82) is 0 Å². The fraction of sp³-hybridized carbons (Fsp3) is 0.333. The van der Waals surface area contributed by atoms with Crippen molar-refractivity contribution in [3.05, 3.63) is 53.6 Å². The lowest BCUT2D eigenvalue weighted by Crippen LogP contribution is -2.37. The van der Waals surface area contributed by atoms with Gasteiger partial charge >= 0.3 is 6.18 Å². The molecular weight excluding hydrogens is 433 g/mol. The molecular formula is C21H19F3N2O2S2. The topological polar surface area (TPSA) is 42.4 Å². The summed E-state index contributed by atoms with van der Waals surface area (Å²) < 4.78 is 46.0. The van der Waals surface area contributed by atoms with E-state index in [4.69, 9.17) is 4.74 Å². The molecule has 4 nitrogen and oxygen atoms in total. The van der Waals surface area contributed by atoms with Crippen LogP contribution in [0.25, 0.3) is 10.2 Å². The van der Waals surface area contributed by atoms with E-state index in [0.717, 1.165) is 40.1 Å². The number of hydrogen-bond acceptors (Lipinski definition) is 5. The molecule has 0 spiro atoms. The van der Waals surface area contributed by atoms with Gasteiger partial charge < -0.3 is 4.74 Å². The van der Waals surface area contributed by atoms with Crippen molar-refractivity contribution in [2.45, 2.75) is 30.0 Å². The molecule has 1 saturated heterocycles. The van der Waals surface area contributed by atoms with Crippen molar-refractivity contribution in [3.63, 3.8) is 0 Å². The maximum absolute atomic E-state index is 13.3. The predicted molar refractivity (Wildman–Crippen MR) is 113 cm³/mol. The second-order valence-corrected chi connectivity index (χ2v) is 8.85. The predicted octanol–water partition coefficient (Wildman–Crippen LogP) is 5.86. The highest BCUT2D eigenvalue weighted by Gasteiger charge is 2.32. The summed E-state index contributed by atoms with van der Waals surface area (Å²) in [4.78, 5) is 20.4. The first-order valence-electron chi connectivity index (χ1n) is 9.40. The SMILES string of the molecule is CSc1ccc2nc(N(CC3CCCO3)C(=O)c3cccc(C(F)(F)F)c3)sc2c1. The number of carbonyl (C=O) groups excluding carboxylic acids is 1. The summed E-state index contributed by atoms with van der Waals surface area (Å²) in [7, 11) is 0. The highest BCUT2D eigenvalue weighted by Crippen LogP contribution is 2.34. The second-order valence-electron chi connectivity index (χ2n) is 6.96. The maximum Gasteiger partial charge on any atom is 0.416 e. The van der Waals surface area contributed by atoms with E-state index in [0.29, 0.717) is 11.7 Å². The molecule has 0 saturated carbocycles. The normalized spacial score (nSPS) is 16.9. The molecule has 4 rings (SSSR count). The number of aromatic nitrogens is 1. The van der Waals surface area contributed by atoms with Crippen LogP contribution >= 0.6 is 23.1 Å². The van der Waals surface area contributed by atoms with Gasteiger partial charge in [0, 0.05) is 17.1 Å². The Morgan fingerprint density at radius 1 is 1.30 bits per heavy atom. The molecule has 1 aromatic heterocycles. The zero-order valence-electron chi connectivity index (χ0n) is 16.1. The van der Waals surface area contributed by atoms with Crippen LogP contribution in [0.2, 0.25) is 0 Å². The van der Waals surface area contributed by atoms with Crippen LogP contribution in [0.4, 0.5) is 18.3 Å². The van der Waals surface area contributed by atoms with Crippen LogP contribution in [-0.2, 0) is 10.9 Å². The highest BCUT2D eigenvalue weighted by atomic mass is 32.2. The number of rotatable bonds is 5. The number of carbonyl (C=O) groups is 1. The third kappa shape index (κ3) is 4.48. The standard InChI is InChI=1S/C21H19F3N2O2S2/c1-29-16-7-8-17-18(11-16)30-20(25-17)26(12-15-6-3-9-28-15)19(27)13-4-2-5-14(10-13)21(22,23)24/h2,4-5,7-8,10-11,15H,3,6,9,12H2,1H3. The van der Waals surface area contributed by atoms with Crippen molar-refractivity contribution in [2.24, 2.45) is 0 Å². The Labute approximate surface area is 180 Å². The quantitative estimate of drug-likeness (QED) is 0.455. The van der Waals surface area contributed by atoms with Gasteiger partial charge in [0.15, 0.2) is 5.13 Å². The number of alkyl halides is 3. The fourth-order valence-electron chi connectivity index (χ4n) is 3.36. The first-order valence-corrected chi connectivity index (χ1v) is 11.4. The minimum Gasteiger partial charge on any atom is -0.376 e. The van der Waals surface area contributed by atoms with Gasteiger partial charge in [-0.25, -0.2) is 4.98 Å². The molecule has 158 valence electrons. The monoisotopic (exact) mass is 452 g/mol. The molecule has 2 aromatic carbocycles. The minimum atomic E-state index is -4.51. The molecule has 0 radical (unpaired) electrons. The van der Waals surface area contributed by atoms with Gasteiger partial charge in [-0.05, 0) is 55.5 Å². The summed E-state index contributed by atoms with van der Waals surface area (Å²) in [5.41, 5.74) is -0.117. The van der Waals surface area contributed by atoms with Gasteiger partial charge in [-0.15, -0.1) is 11.8 Å². The molecule has 30 heavy (non-hydrogen) atoms. The van der Waals surface area contributed by atoms with Crippen molar-refractivity contribution in [1.82, 2.24) is 4.98 Å². The molecule has 3 aromatic rings. The lowest BCUT2D eigenvalue weighted by atomic mass is 10.1. The Balaban J connectivity index is 1.72. The molecule has 1 atom stereocenters. The lowest BCUT2D eigenvalue weighted by molar-refractivity contribution is -0.137. The molecule has 0 bridgehead atoms. The zero-order valence-corrected chi connectivity index (χ0v) is 17.7. The molecule has 2 heterocycles. The second kappa shape index (κ2) is 8.56. The van der Waals surface area contributed by atoms with Crippen LogP contribution in [0.3, 0.4) is 0 Å². The summed E-state index contributed by atoms with van der Waals surface area (Å²) in [6.45, 7) is 0.872. The number of hydrogen-bond donors (Lipinski definition) is 0. The van der Waals surface area contributed by atoms with Crippen LogP contribution in [0.1, 0.15) is 28.8 Å². The van der Waals surface area contributed by atoms with E-state index < -0.39 is 17.6 Å². The number of halogens is 3. The van der Waals surface area contributed by atoms with Crippen molar-refractivity contribution in [3.8, 4) is 0 Å². The molecule has 0 N–H and O–H groups in total. The zero-order chi connectivity index (χ0) is 21.3. The van der Waals surface area contributed by atoms with Gasteiger partial charge in [0.25, 0.3) is 5.91 Å². The minimum absolute atomic E-state index is 0.0214. The summed E-state index contributed by atoms with van der Waals surface area (Å²) >= 11 is 2.96. The largest absolute Gasteiger partial charge is 0.416 e. The van der Waals surface area contributed by atoms with E-state index in [1.165, 1.54) is 28.4 Å². The maximum atomic E-state index is 13.3. The molecule has 1 aliphatic heterocycles. The van der Waals surface area contributed by atoms with Gasteiger partial charge in [0.05, 0.1) is 28.4 Å². The van der Waals surface area contributed by atoms with E-state index in [9.17, 15) is 18.0 Å². The molecule has 9 heteroatoms. The Hall–Kier alpha value is -2.10. The number of benzene rings is 2. The first-order chi connectivity index (χ1) is 14.3. The summed E-state index contributed by atoms with van der Waals surface area (Å²) in [6.07, 6.45) is -1.00. The van der Waals surface area contributed by atoms with Gasteiger partial charge in [-0.2, -0.15) is 13.2 Å². The van der Waals surface area contributed by atoms with Crippen LogP contribution in [-0.4, -0.2) is 36.4 Å². The third-order valence-electron chi connectivity index (χ3n) is 4.91. The number of nitrogens with zero attached hydrogens (tertiary/aromatic N) is 2. The van der Waals surface area contributed by atoms with Crippen molar-refractivity contribution in [2.75, 3.05) is 24.3 Å². The van der Waals surface area contributed by atoms with Crippen LogP contribution in [0.5, 0.6) is 0 Å². The summed E-state index contributed by atoms with van der Waals surface area (Å²) in [5, 5.41) is 0.459. The Morgan fingerprint density at radius 2 is 2.13 bits per heavy atom. The number of amides is 1. The van der Waals surface area contributed by atoms with Crippen LogP contribution in [0, 0.1) is 0 Å². The summed E-state index contributed by atoms with van der Waals surface area (Å²) in [6, 6.07) is 10.4. The van der Waals surface area contributed by atoms with Gasteiger partial charge in [0.2, 0.25) is 0 Å². The van der Waals surface area contributed by atoms with E-state index in [2.05, 4.69) is 4.98 Å². The van der Waals surface area contributed by atoms with E-state index in [-0.39, 0.29) is 18.2 Å². The van der Waals surface area contributed by atoms with Gasteiger partial charge in [-0.3, -0.25) is 9.69 Å². The lowest BCUT2D eigenvalue weighted by Gasteiger charge is -2.23. The van der Waals surface area contributed by atoms with Crippen molar-refractivity contribution < 1.29 is 22.7 Å². The molecule has 1 fully saturated rings. The molecule has 0 aliphatic carbocycles. The fourth-order valence-corrected chi connectivity index (χ4v) is 4.89. The van der Waals surface area contributed by atoms with Gasteiger partial charge in [-0.1, -0.05) is 17.4 Å². The number of anilines is 1.